The second-order valence-corrected chi connectivity index (χ2v) is 6.49. The van der Waals surface area contributed by atoms with Crippen molar-refractivity contribution >= 4 is 26.8 Å². The number of halogens is 1. The summed E-state index contributed by atoms with van der Waals surface area (Å²) in [5.41, 5.74) is 2.26. The van der Waals surface area contributed by atoms with Crippen molar-refractivity contribution in [3.05, 3.63) is 42.1 Å². The molecule has 0 fully saturated rings. The Morgan fingerprint density at radius 2 is 1.78 bits per heavy atom. The van der Waals surface area contributed by atoms with Crippen molar-refractivity contribution in [2.45, 2.75) is 32.0 Å². The van der Waals surface area contributed by atoms with Gasteiger partial charge in [-0.1, -0.05) is 61.0 Å². The van der Waals surface area contributed by atoms with Gasteiger partial charge in [0, 0.05) is 22.3 Å². The zero-order valence-electron chi connectivity index (χ0n) is 11.2. The number of aromatic nitrogens is 1. The molecule has 2 unspecified atom stereocenters. The van der Waals surface area contributed by atoms with Gasteiger partial charge < -0.3 is 0 Å². The fraction of sp³-hybridized carbons (Fsp3) is 0.438. The third-order valence-corrected chi connectivity index (χ3v) is 4.84. The van der Waals surface area contributed by atoms with Crippen LogP contribution >= 0.6 is 15.9 Å². The lowest BCUT2D eigenvalue weighted by molar-refractivity contribution is 0.406. The summed E-state index contributed by atoms with van der Waals surface area (Å²) < 4.78 is 0. The lowest BCUT2D eigenvalue weighted by Gasteiger charge is -2.21. The van der Waals surface area contributed by atoms with Crippen LogP contribution in [0.2, 0.25) is 0 Å². The molecule has 0 aliphatic rings. The average molecular weight is 306 g/mol. The molecule has 0 saturated carbocycles. The van der Waals surface area contributed by atoms with Crippen molar-refractivity contribution in [2.24, 2.45) is 11.8 Å². The van der Waals surface area contributed by atoms with Crippen molar-refractivity contribution < 1.29 is 0 Å². The summed E-state index contributed by atoms with van der Waals surface area (Å²) in [6.07, 6.45) is 0.990. The van der Waals surface area contributed by atoms with E-state index in [4.69, 9.17) is 4.98 Å². The normalized spacial score (nSPS) is 14.9. The molecule has 2 aromatic rings. The molecule has 0 amide bonds. The Morgan fingerprint density at radius 1 is 1.06 bits per heavy atom. The number of benzene rings is 1. The molecule has 0 aliphatic carbocycles. The predicted molar refractivity (Wildman–Crippen MR) is 82.2 cm³/mol. The van der Waals surface area contributed by atoms with E-state index in [1.165, 1.54) is 11.1 Å². The number of pyridine rings is 1. The topological polar surface area (TPSA) is 12.9 Å². The zero-order chi connectivity index (χ0) is 13.1. The Hall–Kier alpha value is -0.890. The van der Waals surface area contributed by atoms with Crippen LogP contribution in [0.5, 0.6) is 0 Å². The first-order valence-electron chi connectivity index (χ1n) is 6.56. The zero-order valence-corrected chi connectivity index (χ0v) is 12.8. The van der Waals surface area contributed by atoms with Crippen molar-refractivity contribution in [1.29, 1.82) is 0 Å². The molecule has 0 spiro atoms. The van der Waals surface area contributed by atoms with E-state index in [1.807, 2.05) is 6.07 Å². The first-order valence-corrected chi connectivity index (χ1v) is 7.48. The molecule has 0 N–H and O–H groups in total. The van der Waals surface area contributed by atoms with Crippen LogP contribution in [0.1, 0.15) is 26.5 Å². The predicted octanol–water partition coefficient (Wildman–Crippen LogP) is 4.83. The summed E-state index contributed by atoms with van der Waals surface area (Å²) in [5.74, 6) is 1.34. The molecule has 2 heteroatoms. The summed E-state index contributed by atoms with van der Waals surface area (Å²) in [7, 11) is 0. The van der Waals surface area contributed by atoms with Gasteiger partial charge in [-0.05, 0) is 24.0 Å². The van der Waals surface area contributed by atoms with Gasteiger partial charge in [0.25, 0.3) is 0 Å². The van der Waals surface area contributed by atoms with Crippen LogP contribution in [0.3, 0.4) is 0 Å². The number of hydrogen-bond acceptors (Lipinski definition) is 1. The van der Waals surface area contributed by atoms with Crippen LogP contribution in [-0.4, -0.2) is 9.81 Å². The van der Waals surface area contributed by atoms with E-state index in [0.717, 1.165) is 11.9 Å². The molecule has 1 heterocycles. The van der Waals surface area contributed by atoms with Crippen molar-refractivity contribution in [3.63, 3.8) is 0 Å². The molecule has 18 heavy (non-hydrogen) atoms. The minimum atomic E-state index is 0.492. The van der Waals surface area contributed by atoms with Gasteiger partial charge in [0.1, 0.15) is 0 Å². The highest BCUT2D eigenvalue weighted by molar-refractivity contribution is 9.09. The fourth-order valence-corrected chi connectivity index (χ4v) is 2.97. The van der Waals surface area contributed by atoms with Gasteiger partial charge >= 0.3 is 0 Å². The number of alkyl halides is 1. The number of rotatable bonds is 4. The van der Waals surface area contributed by atoms with E-state index >= 15 is 0 Å². The van der Waals surface area contributed by atoms with Gasteiger partial charge in [-0.25, -0.2) is 0 Å². The lowest BCUT2D eigenvalue weighted by atomic mass is 9.92. The first-order chi connectivity index (χ1) is 8.58. The maximum Gasteiger partial charge on any atom is 0.0705 e. The Balaban J connectivity index is 2.17. The molecule has 0 radical (unpaired) electrons. The van der Waals surface area contributed by atoms with E-state index in [0.29, 0.717) is 16.7 Å². The van der Waals surface area contributed by atoms with Gasteiger partial charge in [0.05, 0.1) is 5.52 Å². The summed E-state index contributed by atoms with van der Waals surface area (Å²) in [4.78, 5) is 5.22. The van der Waals surface area contributed by atoms with Crippen LogP contribution in [-0.2, 0) is 6.42 Å². The molecule has 0 aliphatic heterocycles. The largest absolute Gasteiger partial charge is 0.253 e. The van der Waals surface area contributed by atoms with Crippen LogP contribution in [0.15, 0.2) is 36.4 Å². The van der Waals surface area contributed by atoms with Gasteiger partial charge in [-0.2, -0.15) is 0 Å². The fourth-order valence-electron chi connectivity index (χ4n) is 2.03. The Bertz CT molecular complexity index is 521. The monoisotopic (exact) mass is 305 g/mol. The van der Waals surface area contributed by atoms with Crippen LogP contribution in [0, 0.1) is 11.8 Å². The highest BCUT2D eigenvalue weighted by Crippen LogP contribution is 2.24. The minimum absolute atomic E-state index is 0.492. The maximum absolute atomic E-state index is 4.73. The number of hydrogen-bond donors (Lipinski definition) is 0. The van der Waals surface area contributed by atoms with E-state index in [2.05, 4.69) is 67.0 Å². The molecule has 2 atom stereocenters. The summed E-state index contributed by atoms with van der Waals surface area (Å²) in [5, 5.41) is 1.21. The molecule has 1 aromatic heterocycles. The van der Waals surface area contributed by atoms with E-state index in [1.54, 1.807) is 0 Å². The molecule has 2 rings (SSSR count). The summed E-state index contributed by atoms with van der Waals surface area (Å²) in [6.45, 7) is 6.84. The van der Waals surface area contributed by atoms with E-state index in [9.17, 15) is 0 Å². The van der Waals surface area contributed by atoms with Crippen LogP contribution < -0.4 is 0 Å². The summed E-state index contributed by atoms with van der Waals surface area (Å²) >= 11 is 3.80. The number of para-hydroxylation sites is 1. The highest BCUT2D eigenvalue weighted by Gasteiger charge is 2.18. The maximum atomic E-state index is 4.73. The molecule has 1 nitrogen and oxygen atoms in total. The minimum Gasteiger partial charge on any atom is -0.253 e. The van der Waals surface area contributed by atoms with Gasteiger partial charge in [0.2, 0.25) is 0 Å². The highest BCUT2D eigenvalue weighted by atomic mass is 79.9. The van der Waals surface area contributed by atoms with Gasteiger partial charge in [0.15, 0.2) is 0 Å². The second-order valence-electron chi connectivity index (χ2n) is 5.32. The number of nitrogens with zero attached hydrogens (tertiary/aromatic N) is 1. The van der Waals surface area contributed by atoms with Gasteiger partial charge in [-0.15, -0.1) is 0 Å². The van der Waals surface area contributed by atoms with Gasteiger partial charge in [-0.3, -0.25) is 4.98 Å². The molecule has 0 bridgehead atoms. The summed E-state index contributed by atoms with van der Waals surface area (Å²) in [6, 6.07) is 12.6. The molecule has 0 saturated heterocycles. The van der Waals surface area contributed by atoms with Crippen LogP contribution in [0.25, 0.3) is 10.9 Å². The Labute approximate surface area is 118 Å². The Kier molecular flexibility index (Phi) is 4.39. The Morgan fingerprint density at radius 3 is 2.50 bits per heavy atom. The van der Waals surface area contributed by atoms with Crippen LogP contribution in [0.4, 0.5) is 0 Å². The molecule has 1 aromatic carbocycles. The first kappa shape index (κ1) is 13.5. The third kappa shape index (κ3) is 3.11. The quantitative estimate of drug-likeness (QED) is 0.737. The molecular weight excluding hydrogens is 286 g/mol. The third-order valence-electron chi connectivity index (χ3n) is 3.68. The van der Waals surface area contributed by atoms with Crippen molar-refractivity contribution in [3.8, 4) is 0 Å². The number of fused-ring (bicyclic) bond motifs is 1. The SMILES string of the molecule is CC(C)C(C)C(Br)Cc1ccc2ccccc2n1. The van der Waals surface area contributed by atoms with Crippen molar-refractivity contribution in [2.75, 3.05) is 0 Å². The standard InChI is InChI=1S/C16H20BrN/c1-11(2)12(3)15(17)10-14-9-8-13-6-4-5-7-16(13)18-14/h4-9,11-12,15H,10H2,1-3H3. The van der Waals surface area contributed by atoms with E-state index in [-0.39, 0.29) is 0 Å². The lowest BCUT2D eigenvalue weighted by Crippen LogP contribution is -2.19. The molecular formula is C16H20BrN. The van der Waals surface area contributed by atoms with E-state index < -0.39 is 0 Å². The smallest absolute Gasteiger partial charge is 0.0705 e. The second kappa shape index (κ2) is 5.83. The van der Waals surface area contributed by atoms with Crippen molar-refractivity contribution in [1.82, 2.24) is 4.98 Å². The average Bonchev–Trinajstić information content (AvgIpc) is 2.37. The molecule has 96 valence electrons.